The van der Waals surface area contributed by atoms with E-state index in [1.807, 2.05) is 0 Å². The fourth-order valence-electron chi connectivity index (χ4n) is 3.48. The summed E-state index contributed by atoms with van der Waals surface area (Å²) in [4.78, 5) is 46.4. The summed E-state index contributed by atoms with van der Waals surface area (Å²) in [5, 5.41) is 2.56. The fraction of sp³-hybridized carbons (Fsp3) is 0.217. The highest BCUT2D eigenvalue weighted by molar-refractivity contribution is 6.33. The van der Waals surface area contributed by atoms with Crippen molar-refractivity contribution in [1.29, 1.82) is 0 Å². The van der Waals surface area contributed by atoms with E-state index in [0.29, 0.717) is 11.3 Å². The summed E-state index contributed by atoms with van der Waals surface area (Å²) in [6, 6.07) is 6.85. The van der Waals surface area contributed by atoms with Gasteiger partial charge in [-0.25, -0.2) is 19.2 Å². The van der Waals surface area contributed by atoms with E-state index in [1.54, 1.807) is 26.0 Å². The van der Waals surface area contributed by atoms with Gasteiger partial charge in [0.15, 0.2) is 0 Å². The molecule has 178 valence electrons. The van der Waals surface area contributed by atoms with Gasteiger partial charge in [-0.15, -0.1) is 0 Å². The Bertz CT molecular complexity index is 1400. The number of aromatic nitrogens is 2. The Balaban J connectivity index is 1.63. The van der Waals surface area contributed by atoms with Crippen molar-refractivity contribution in [3.8, 4) is 11.6 Å². The molecule has 2 aromatic carbocycles. The Kier molecular flexibility index (Phi) is 6.65. The molecule has 1 aliphatic rings. The summed E-state index contributed by atoms with van der Waals surface area (Å²) in [6.45, 7) is 2.95. The first kappa shape index (κ1) is 24.1. The van der Waals surface area contributed by atoms with Gasteiger partial charge in [0, 0.05) is 22.7 Å². The van der Waals surface area contributed by atoms with Gasteiger partial charge < -0.3 is 10.1 Å². The molecule has 12 heteroatoms. The molecule has 2 heterocycles. The molecular weight excluding hydrogens is 461 g/mol. The number of aryl methyl sites for hydroxylation is 2. The average Bonchev–Trinajstić information content (AvgIpc) is 3.21. The predicted molar refractivity (Wildman–Crippen MR) is 121 cm³/mol. The van der Waals surface area contributed by atoms with Crippen molar-refractivity contribution in [3.05, 3.63) is 80.9 Å². The summed E-state index contributed by atoms with van der Waals surface area (Å²) < 4.78 is 33.7. The van der Waals surface area contributed by atoms with Gasteiger partial charge in [0.1, 0.15) is 44.6 Å². The van der Waals surface area contributed by atoms with Crippen LogP contribution in [0.4, 0.5) is 8.78 Å². The molecule has 3 aromatic rings. The van der Waals surface area contributed by atoms with Crippen LogP contribution in [0.3, 0.4) is 0 Å². The summed E-state index contributed by atoms with van der Waals surface area (Å²) in [7, 11) is 5.98. The number of amides is 2. The minimum atomic E-state index is -0.837. The summed E-state index contributed by atoms with van der Waals surface area (Å²) in [6.07, 6.45) is 0. The lowest BCUT2D eigenvalue weighted by atomic mass is 9.98. The topological polar surface area (TPSA) is 112 Å². The molecular formula is C23H19BF2N4O5. The number of hydrogen-bond acceptors (Lipinski definition) is 6. The van der Waals surface area contributed by atoms with Crippen LogP contribution >= 0.6 is 0 Å². The summed E-state index contributed by atoms with van der Waals surface area (Å²) in [5.74, 6) is -2.54. The lowest BCUT2D eigenvalue weighted by Gasteiger charge is -2.17. The van der Waals surface area contributed by atoms with Crippen LogP contribution in [0.25, 0.3) is 5.69 Å². The van der Waals surface area contributed by atoms with Gasteiger partial charge in [-0.3, -0.25) is 23.8 Å². The standard InChI is InChI=1S/C23H19BF2N4O5/c1-11-3-4-13(20(31)28-17-10-35-29-21(17)32)7-18(11)30-12(2)27-22(19(24)23(30)33)34-9-14-5-6-15(25)8-16(14)26/h3-8,17H,9-10H2,1-2H3,(H,28,31)(H,29,32)/t17-/m0/s1. The number of nitrogens with one attached hydrogen (secondary N) is 2. The molecule has 0 bridgehead atoms. The number of carbonyl (C=O) groups is 2. The Labute approximate surface area is 199 Å². The summed E-state index contributed by atoms with van der Waals surface area (Å²) in [5.41, 5.74) is 2.43. The Hall–Kier alpha value is -4.06. The Morgan fingerprint density at radius 1 is 1.26 bits per heavy atom. The molecule has 1 fully saturated rings. The first-order chi connectivity index (χ1) is 16.7. The third kappa shape index (κ3) is 4.92. The van der Waals surface area contributed by atoms with Crippen molar-refractivity contribution in [2.24, 2.45) is 0 Å². The van der Waals surface area contributed by atoms with Crippen LogP contribution in [0.15, 0.2) is 41.2 Å². The molecule has 1 saturated heterocycles. The van der Waals surface area contributed by atoms with E-state index < -0.39 is 35.0 Å². The minimum Gasteiger partial charge on any atom is -0.473 e. The van der Waals surface area contributed by atoms with Crippen LogP contribution in [0.2, 0.25) is 0 Å². The maximum absolute atomic E-state index is 13.9. The van der Waals surface area contributed by atoms with E-state index in [4.69, 9.17) is 17.4 Å². The maximum atomic E-state index is 13.9. The van der Waals surface area contributed by atoms with Gasteiger partial charge in [0.25, 0.3) is 17.4 Å². The van der Waals surface area contributed by atoms with Crippen molar-refractivity contribution < 1.29 is 27.9 Å². The number of nitrogens with zero attached hydrogens (tertiary/aromatic N) is 2. The second-order valence-corrected chi connectivity index (χ2v) is 7.85. The molecule has 4 rings (SSSR count). The predicted octanol–water partition coefficient (Wildman–Crippen LogP) is 0.660. The average molecular weight is 480 g/mol. The third-order valence-corrected chi connectivity index (χ3v) is 5.39. The van der Waals surface area contributed by atoms with Crippen molar-refractivity contribution >= 4 is 25.1 Å². The van der Waals surface area contributed by atoms with E-state index in [-0.39, 0.29) is 41.5 Å². The monoisotopic (exact) mass is 480 g/mol. The highest BCUT2D eigenvalue weighted by Crippen LogP contribution is 2.18. The van der Waals surface area contributed by atoms with Gasteiger partial charge in [-0.05, 0) is 43.7 Å². The number of carbonyl (C=O) groups excluding carboxylic acids is 2. The van der Waals surface area contributed by atoms with E-state index >= 15 is 0 Å². The van der Waals surface area contributed by atoms with Crippen LogP contribution in [-0.2, 0) is 16.2 Å². The third-order valence-electron chi connectivity index (χ3n) is 5.39. The van der Waals surface area contributed by atoms with Crippen LogP contribution in [0, 0.1) is 25.5 Å². The van der Waals surface area contributed by atoms with E-state index in [0.717, 1.165) is 12.1 Å². The molecule has 0 spiro atoms. The number of rotatable bonds is 6. The van der Waals surface area contributed by atoms with Crippen LogP contribution in [0.5, 0.6) is 5.88 Å². The molecule has 0 unspecified atom stereocenters. The smallest absolute Gasteiger partial charge is 0.268 e. The highest BCUT2D eigenvalue weighted by atomic mass is 19.1. The molecule has 0 saturated carbocycles. The Morgan fingerprint density at radius 3 is 2.71 bits per heavy atom. The number of halogens is 2. The zero-order valence-corrected chi connectivity index (χ0v) is 18.7. The number of hydrogen-bond donors (Lipinski definition) is 2. The number of benzene rings is 2. The summed E-state index contributed by atoms with van der Waals surface area (Å²) >= 11 is 0. The van der Waals surface area contributed by atoms with E-state index in [9.17, 15) is 23.2 Å². The quantitative estimate of drug-likeness (QED) is 0.502. The van der Waals surface area contributed by atoms with Crippen molar-refractivity contribution in [2.75, 3.05) is 6.61 Å². The lowest BCUT2D eigenvalue weighted by Crippen LogP contribution is -2.41. The van der Waals surface area contributed by atoms with Crippen LogP contribution in [-0.4, -0.2) is 41.9 Å². The zero-order chi connectivity index (χ0) is 25.3. The van der Waals surface area contributed by atoms with Gasteiger partial charge in [-0.2, -0.15) is 0 Å². The van der Waals surface area contributed by atoms with Crippen molar-refractivity contribution in [1.82, 2.24) is 20.3 Å². The van der Waals surface area contributed by atoms with Crippen molar-refractivity contribution in [2.45, 2.75) is 26.5 Å². The molecule has 2 N–H and O–H groups in total. The van der Waals surface area contributed by atoms with Crippen LogP contribution in [0.1, 0.15) is 27.3 Å². The van der Waals surface area contributed by atoms with Crippen LogP contribution < -0.4 is 26.6 Å². The second-order valence-electron chi connectivity index (χ2n) is 7.85. The number of hydroxylamine groups is 1. The minimum absolute atomic E-state index is 0.00834. The number of ether oxygens (including phenoxy) is 1. The van der Waals surface area contributed by atoms with Gasteiger partial charge >= 0.3 is 0 Å². The molecule has 2 radical (unpaired) electrons. The largest absolute Gasteiger partial charge is 0.473 e. The molecule has 1 aliphatic heterocycles. The molecule has 9 nitrogen and oxygen atoms in total. The molecule has 1 aromatic heterocycles. The Morgan fingerprint density at radius 2 is 2.03 bits per heavy atom. The second kappa shape index (κ2) is 9.67. The normalized spacial score (nSPS) is 15.1. The molecule has 35 heavy (non-hydrogen) atoms. The lowest BCUT2D eigenvalue weighted by molar-refractivity contribution is -0.125. The van der Waals surface area contributed by atoms with Gasteiger partial charge in [0.05, 0.1) is 5.69 Å². The van der Waals surface area contributed by atoms with Crippen molar-refractivity contribution in [3.63, 3.8) is 0 Å². The first-order valence-electron chi connectivity index (χ1n) is 10.4. The van der Waals surface area contributed by atoms with E-state index in [2.05, 4.69) is 15.8 Å². The van der Waals surface area contributed by atoms with Gasteiger partial charge in [-0.1, -0.05) is 6.07 Å². The van der Waals surface area contributed by atoms with E-state index in [1.165, 1.54) is 16.7 Å². The highest BCUT2D eigenvalue weighted by Gasteiger charge is 2.27. The van der Waals surface area contributed by atoms with Gasteiger partial charge in [0.2, 0.25) is 5.88 Å². The molecule has 2 amide bonds. The maximum Gasteiger partial charge on any atom is 0.268 e. The molecule has 0 aliphatic carbocycles. The first-order valence-corrected chi connectivity index (χ1v) is 10.4. The zero-order valence-electron chi connectivity index (χ0n) is 18.7. The molecule has 1 atom stereocenters. The fourth-order valence-corrected chi connectivity index (χ4v) is 3.48. The SMILES string of the molecule is [B]c1c(OCc2ccc(F)cc2F)nc(C)n(-c2cc(C(=O)N[C@H]3CONC3=O)ccc2C)c1=O.